The number of rotatable bonds is 4. The van der Waals surface area contributed by atoms with Crippen LogP contribution in [0.25, 0.3) is 0 Å². The van der Waals surface area contributed by atoms with Crippen molar-refractivity contribution in [1.29, 1.82) is 0 Å². The Morgan fingerprint density at radius 2 is 1.74 bits per heavy atom. The smallest absolute Gasteiger partial charge is 0.106 e. The van der Waals surface area contributed by atoms with Crippen LogP contribution in [0, 0.1) is 0 Å². The van der Waals surface area contributed by atoms with Gasteiger partial charge in [0.1, 0.15) is 6.10 Å². The molecule has 19 heavy (non-hydrogen) atoms. The van der Waals surface area contributed by atoms with Gasteiger partial charge in [0.2, 0.25) is 0 Å². The average Bonchev–Trinajstić information content (AvgIpc) is 2.46. The summed E-state index contributed by atoms with van der Waals surface area (Å²) in [4.78, 5) is 0. The van der Waals surface area contributed by atoms with Crippen molar-refractivity contribution in [2.45, 2.75) is 30.7 Å². The van der Waals surface area contributed by atoms with Crippen molar-refractivity contribution >= 4 is 12.6 Å². The van der Waals surface area contributed by atoms with E-state index in [2.05, 4.69) is 17.9 Å². The van der Waals surface area contributed by atoms with Gasteiger partial charge >= 0.3 is 0 Å². The largest absolute Gasteiger partial charge is 0.389 e. The lowest BCUT2D eigenvalue weighted by Crippen LogP contribution is -2.39. The van der Waals surface area contributed by atoms with E-state index in [1.54, 1.807) is 12.1 Å². The highest BCUT2D eigenvalue weighted by Crippen LogP contribution is 2.31. The molecule has 0 radical (unpaired) electrons. The molecule has 0 saturated carbocycles. The summed E-state index contributed by atoms with van der Waals surface area (Å²) in [6.07, 6.45) is -0.437. The molecule has 0 amide bonds. The van der Waals surface area contributed by atoms with Crippen molar-refractivity contribution in [3.8, 4) is 0 Å². The summed E-state index contributed by atoms with van der Waals surface area (Å²) in [5.74, 6) is 0.207. The minimum Gasteiger partial charge on any atom is -0.389 e. The van der Waals surface area contributed by atoms with E-state index in [4.69, 9.17) is 0 Å². The van der Waals surface area contributed by atoms with Crippen molar-refractivity contribution < 1.29 is 15.3 Å². The lowest BCUT2D eigenvalue weighted by molar-refractivity contribution is 0.00570. The third kappa shape index (κ3) is 3.30. The van der Waals surface area contributed by atoms with Crippen LogP contribution in [0.4, 0.5) is 0 Å². The van der Waals surface area contributed by atoms with Crippen LogP contribution in [0.2, 0.25) is 0 Å². The number of benzene rings is 1. The molecule has 2 atom stereocenters. The fourth-order valence-corrected chi connectivity index (χ4v) is 2.64. The van der Waals surface area contributed by atoms with Gasteiger partial charge in [0.25, 0.3) is 0 Å². The van der Waals surface area contributed by atoms with Gasteiger partial charge in [0, 0.05) is 5.75 Å². The quantitative estimate of drug-likeness (QED) is 0.524. The fraction of sp³-hybridized carbons (Fsp3) is 0.571. The number of thiol groups is 1. The lowest BCUT2D eigenvalue weighted by atomic mass is 9.84. The van der Waals surface area contributed by atoms with Crippen LogP contribution in [0.3, 0.4) is 0 Å². The number of nitrogens with one attached hydrogen (secondary N) is 1. The Balaban J connectivity index is 2.14. The highest BCUT2D eigenvalue weighted by molar-refractivity contribution is 7.80. The van der Waals surface area contributed by atoms with Crippen molar-refractivity contribution in [2.75, 3.05) is 18.8 Å². The Labute approximate surface area is 118 Å². The van der Waals surface area contributed by atoms with Crippen LogP contribution in [-0.2, 0) is 5.60 Å². The summed E-state index contributed by atoms with van der Waals surface area (Å²) in [5.41, 5.74) is 0.727. The molecule has 2 unspecified atom stereocenters. The third-order valence-corrected chi connectivity index (χ3v) is 4.15. The Morgan fingerprint density at radius 1 is 1.16 bits per heavy atom. The van der Waals surface area contributed by atoms with Gasteiger partial charge in [-0.1, -0.05) is 24.3 Å². The van der Waals surface area contributed by atoms with Gasteiger partial charge < -0.3 is 20.6 Å². The van der Waals surface area contributed by atoms with E-state index in [-0.39, 0.29) is 5.75 Å². The molecule has 2 rings (SSSR count). The molecule has 5 heteroatoms. The zero-order valence-corrected chi connectivity index (χ0v) is 11.7. The van der Waals surface area contributed by atoms with Gasteiger partial charge in [-0.3, -0.25) is 0 Å². The van der Waals surface area contributed by atoms with Gasteiger partial charge in [0.15, 0.2) is 0 Å². The number of piperidine rings is 1. The minimum atomic E-state index is -0.936. The first-order valence-corrected chi connectivity index (χ1v) is 7.20. The second kappa shape index (κ2) is 6.24. The summed E-state index contributed by atoms with van der Waals surface area (Å²) in [5, 5.41) is 33.2. The molecule has 1 aliphatic rings. The maximum absolute atomic E-state index is 10.6. The SMILES string of the molecule is OC(CS)C(O)c1ccc(C2(O)CCNCC2)cc1. The van der Waals surface area contributed by atoms with Crippen LogP contribution in [-0.4, -0.2) is 40.3 Å². The normalized spacial score (nSPS) is 21.9. The monoisotopic (exact) mass is 283 g/mol. The highest BCUT2D eigenvalue weighted by atomic mass is 32.1. The molecule has 1 fully saturated rings. The Hall–Kier alpha value is -0.590. The third-order valence-electron chi connectivity index (χ3n) is 3.77. The topological polar surface area (TPSA) is 72.7 Å². The zero-order chi connectivity index (χ0) is 13.9. The van der Waals surface area contributed by atoms with Crippen molar-refractivity contribution in [3.05, 3.63) is 35.4 Å². The van der Waals surface area contributed by atoms with Gasteiger partial charge in [-0.05, 0) is 37.1 Å². The fourth-order valence-electron chi connectivity index (χ4n) is 2.44. The molecular weight excluding hydrogens is 262 g/mol. The van der Waals surface area contributed by atoms with Gasteiger partial charge in [0.05, 0.1) is 11.7 Å². The van der Waals surface area contributed by atoms with Crippen LogP contribution >= 0.6 is 12.6 Å². The van der Waals surface area contributed by atoms with E-state index in [0.29, 0.717) is 18.4 Å². The molecule has 1 aromatic rings. The van der Waals surface area contributed by atoms with Crippen LogP contribution in [0.1, 0.15) is 30.1 Å². The summed E-state index contributed by atoms with van der Waals surface area (Å²) in [6.45, 7) is 1.61. The van der Waals surface area contributed by atoms with Crippen LogP contribution in [0.15, 0.2) is 24.3 Å². The molecule has 1 aromatic carbocycles. The number of hydrogen-bond donors (Lipinski definition) is 5. The van der Waals surface area contributed by atoms with Crippen LogP contribution in [0.5, 0.6) is 0 Å². The first-order valence-electron chi connectivity index (χ1n) is 6.57. The molecule has 0 bridgehead atoms. The maximum Gasteiger partial charge on any atom is 0.106 e. The summed E-state index contributed by atoms with van der Waals surface area (Å²) in [6, 6.07) is 7.17. The van der Waals surface area contributed by atoms with Gasteiger partial charge in [-0.15, -0.1) is 0 Å². The molecule has 1 saturated heterocycles. The standard InChI is InChI=1S/C14H21NO3S/c16-12(9-19)13(17)10-1-3-11(4-2-10)14(18)5-7-15-8-6-14/h1-4,12-13,15-19H,5-9H2. The average molecular weight is 283 g/mol. The Kier molecular flexibility index (Phi) is 4.86. The molecule has 4 N–H and O–H groups in total. The zero-order valence-electron chi connectivity index (χ0n) is 10.8. The predicted octanol–water partition coefficient (Wildman–Crippen LogP) is 0.582. The van der Waals surface area contributed by atoms with E-state index >= 15 is 0 Å². The van der Waals surface area contributed by atoms with Gasteiger partial charge in [-0.25, -0.2) is 0 Å². The summed E-state index contributed by atoms with van der Waals surface area (Å²) >= 11 is 3.96. The molecule has 0 aliphatic carbocycles. The highest BCUT2D eigenvalue weighted by Gasteiger charge is 2.31. The van der Waals surface area contributed by atoms with Gasteiger partial charge in [-0.2, -0.15) is 12.6 Å². The first kappa shape index (κ1) is 14.8. The van der Waals surface area contributed by atoms with E-state index in [0.717, 1.165) is 18.7 Å². The van der Waals surface area contributed by atoms with E-state index in [1.807, 2.05) is 12.1 Å². The molecule has 0 spiro atoms. The lowest BCUT2D eigenvalue weighted by Gasteiger charge is -2.33. The summed E-state index contributed by atoms with van der Waals surface area (Å²) in [7, 11) is 0. The second-order valence-corrected chi connectivity index (χ2v) is 5.46. The van der Waals surface area contributed by atoms with Crippen LogP contribution < -0.4 is 5.32 Å². The Bertz CT molecular complexity index is 404. The number of aliphatic hydroxyl groups is 3. The Morgan fingerprint density at radius 3 is 2.26 bits per heavy atom. The molecule has 0 aromatic heterocycles. The molecular formula is C14H21NO3S. The maximum atomic E-state index is 10.6. The molecule has 106 valence electrons. The number of hydrogen-bond acceptors (Lipinski definition) is 5. The van der Waals surface area contributed by atoms with E-state index in [9.17, 15) is 15.3 Å². The first-order chi connectivity index (χ1) is 9.07. The second-order valence-electron chi connectivity index (χ2n) is 5.10. The van der Waals surface area contributed by atoms with E-state index < -0.39 is 17.8 Å². The van der Waals surface area contributed by atoms with Crippen molar-refractivity contribution in [3.63, 3.8) is 0 Å². The van der Waals surface area contributed by atoms with Crippen molar-refractivity contribution in [1.82, 2.24) is 5.32 Å². The molecule has 1 aliphatic heterocycles. The molecule has 1 heterocycles. The van der Waals surface area contributed by atoms with Crippen molar-refractivity contribution in [2.24, 2.45) is 0 Å². The predicted molar refractivity (Wildman–Crippen MR) is 77.3 cm³/mol. The summed E-state index contributed by atoms with van der Waals surface area (Å²) < 4.78 is 0. The number of aliphatic hydroxyl groups excluding tert-OH is 2. The molecule has 4 nitrogen and oxygen atoms in total. The van der Waals surface area contributed by atoms with E-state index in [1.165, 1.54) is 0 Å². The minimum absolute atomic E-state index is 0.207.